The SMILES string of the molecule is CCCNC(Cc1cc(Br)ccc1F)c1ccc(C)nc1. The molecule has 0 spiro atoms. The van der Waals surface area contributed by atoms with Gasteiger partial charge < -0.3 is 5.32 Å². The van der Waals surface area contributed by atoms with Crippen molar-refractivity contribution in [2.75, 3.05) is 6.54 Å². The summed E-state index contributed by atoms with van der Waals surface area (Å²) in [6, 6.07) is 9.20. The highest BCUT2D eigenvalue weighted by molar-refractivity contribution is 9.10. The van der Waals surface area contributed by atoms with Gasteiger partial charge in [-0.15, -0.1) is 0 Å². The summed E-state index contributed by atoms with van der Waals surface area (Å²) in [5.74, 6) is -0.165. The number of pyridine rings is 1. The average Bonchev–Trinajstić information content (AvgIpc) is 2.48. The van der Waals surface area contributed by atoms with Gasteiger partial charge in [0.05, 0.1) is 0 Å². The minimum absolute atomic E-state index is 0.0712. The summed E-state index contributed by atoms with van der Waals surface area (Å²) < 4.78 is 14.9. The maximum atomic E-state index is 14.0. The van der Waals surface area contributed by atoms with Gasteiger partial charge in [-0.2, -0.15) is 0 Å². The van der Waals surface area contributed by atoms with Crippen molar-refractivity contribution in [3.63, 3.8) is 0 Å². The van der Waals surface area contributed by atoms with Gasteiger partial charge in [0.25, 0.3) is 0 Å². The summed E-state index contributed by atoms with van der Waals surface area (Å²) in [6.45, 7) is 4.98. The smallest absolute Gasteiger partial charge is 0.126 e. The molecule has 1 unspecified atom stereocenters. The Balaban J connectivity index is 2.23. The van der Waals surface area contributed by atoms with Gasteiger partial charge in [0.1, 0.15) is 5.82 Å². The molecule has 0 amide bonds. The van der Waals surface area contributed by atoms with Crippen LogP contribution in [0, 0.1) is 12.7 Å². The molecule has 1 aromatic heterocycles. The molecule has 2 rings (SSSR count). The molecular formula is C17H20BrFN2. The van der Waals surface area contributed by atoms with Gasteiger partial charge in [-0.3, -0.25) is 4.98 Å². The molecule has 0 bridgehead atoms. The van der Waals surface area contributed by atoms with Crippen molar-refractivity contribution in [3.05, 3.63) is 63.6 Å². The molecule has 0 saturated carbocycles. The number of nitrogens with zero attached hydrogens (tertiary/aromatic N) is 1. The van der Waals surface area contributed by atoms with Crippen LogP contribution in [-0.4, -0.2) is 11.5 Å². The van der Waals surface area contributed by atoms with Crippen molar-refractivity contribution < 1.29 is 4.39 Å². The number of hydrogen-bond acceptors (Lipinski definition) is 2. The summed E-state index contributed by atoms with van der Waals surface area (Å²) in [4.78, 5) is 4.35. The van der Waals surface area contributed by atoms with E-state index in [1.807, 2.05) is 25.3 Å². The minimum Gasteiger partial charge on any atom is -0.310 e. The van der Waals surface area contributed by atoms with Crippen LogP contribution in [-0.2, 0) is 6.42 Å². The highest BCUT2D eigenvalue weighted by Gasteiger charge is 2.14. The number of aromatic nitrogens is 1. The summed E-state index contributed by atoms with van der Waals surface area (Å²) in [5.41, 5.74) is 2.79. The zero-order valence-corrected chi connectivity index (χ0v) is 14.0. The number of nitrogens with one attached hydrogen (secondary N) is 1. The Bertz CT molecular complexity index is 584. The Kier molecular flexibility index (Phi) is 5.88. The molecule has 0 aliphatic heterocycles. The topological polar surface area (TPSA) is 24.9 Å². The lowest BCUT2D eigenvalue weighted by molar-refractivity contribution is 0.511. The van der Waals surface area contributed by atoms with E-state index in [0.717, 1.165) is 28.7 Å². The molecule has 0 saturated heterocycles. The second-order valence-corrected chi connectivity index (χ2v) is 6.10. The van der Waals surface area contributed by atoms with Crippen molar-refractivity contribution in [2.45, 2.75) is 32.7 Å². The fraction of sp³-hybridized carbons (Fsp3) is 0.353. The van der Waals surface area contributed by atoms with Crippen LogP contribution in [0.1, 0.15) is 36.2 Å². The van der Waals surface area contributed by atoms with Gasteiger partial charge in [0, 0.05) is 22.4 Å². The first-order chi connectivity index (χ1) is 10.1. The number of aryl methyl sites for hydroxylation is 1. The third kappa shape index (κ3) is 4.61. The fourth-order valence-corrected chi connectivity index (χ4v) is 2.64. The zero-order valence-electron chi connectivity index (χ0n) is 12.4. The molecule has 1 atom stereocenters. The fourth-order valence-electron chi connectivity index (χ4n) is 2.23. The first kappa shape index (κ1) is 16.1. The van der Waals surface area contributed by atoms with E-state index >= 15 is 0 Å². The Morgan fingerprint density at radius 1 is 1.29 bits per heavy atom. The lowest BCUT2D eigenvalue weighted by Crippen LogP contribution is -2.24. The van der Waals surface area contributed by atoms with Gasteiger partial charge in [-0.1, -0.05) is 28.9 Å². The van der Waals surface area contributed by atoms with Crippen LogP contribution in [0.5, 0.6) is 0 Å². The van der Waals surface area contributed by atoms with E-state index in [-0.39, 0.29) is 11.9 Å². The Labute approximate surface area is 133 Å². The number of rotatable bonds is 6. The lowest BCUT2D eigenvalue weighted by Gasteiger charge is -2.19. The minimum atomic E-state index is -0.165. The molecule has 4 heteroatoms. The van der Waals surface area contributed by atoms with Crippen LogP contribution < -0.4 is 5.32 Å². The molecule has 2 nitrogen and oxygen atoms in total. The van der Waals surface area contributed by atoms with Crippen molar-refractivity contribution in [1.82, 2.24) is 10.3 Å². The molecular weight excluding hydrogens is 331 g/mol. The Morgan fingerprint density at radius 2 is 2.10 bits per heavy atom. The van der Waals surface area contributed by atoms with Crippen LogP contribution in [0.25, 0.3) is 0 Å². The van der Waals surface area contributed by atoms with Crippen LogP contribution in [0.2, 0.25) is 0 Å². The molecule has 0 fully saturated rings. The van der Waals surface area contributed by atoms with Crippen LogP contribution in [0.3, 0.4) is 0 Å². The molecule has 0 radical (unpaired) electrons. The van der Waals surface area contributed by atoms with Gasteiger partial charge in [0.2, 0.25) is 0 Å². The van der Waals surface area contributed by atoms with E-state index < -0.39 is 0 Å². The monoisotopic (exact) mass is 350 g/mol. The molecule has 1 N–H and O–H groups in total. The lowest BCUT2D eigenvalue weighted by atomic mass is 9.99. The van der Waals surface area contributed by atoms with Gasteiger partial charge >= 0.3 is 0 Å². The average molecular weight is 351 g/mol. The van der Waals surface area contributed by atoms with Crippen LogP contribution >= 0.6 is 15.9 Å². The first-order valence-corrected chi connectivity index (χ1v) is 7.99. The number of halogens is 2. The summed E-state index contributed by atoms with van der Waals surface area (Å²) in [5, 5.41) is 3.48. The van der Waals surface area contributed by atoms with Gasteiger partial charge in [0.15, 0.2) is 0 Å². The predicted octanol–water partition coefficient (Wildman–Crippen LogP) is 4.58. The summed E-state index contributed by atoms with van der Waals surface area (Å²) in [7, 11) is 0. The molecule has 0 aliphatic carbocycles. The second kappa shape index (κ2) is 7.66. The normalized spacial score (nSPS) is 12.4. The second-order valence-electron chi connectivity index (χ2n) is 5.18. The van der Waals surface area contributed by atoms with E-state index in [1.54, 1.807) is 6.07 Å². The van der Waals surface area contributed by atoms with Crippen LogP contribution in [0.4, 0.5) is 4.39 Å². The zero-order chi connectivity index (χ0) is 15.2. The summed E-state index contributed by atoms with van der Waals surface area (Å²) >= 11 is 3.41. The van der Waals surface area contributed by atoms with Crippen molar-refractivity contribution in [1.29, 1.82) is 0 Å². The Hall–Kier alpha value is -1.26. The van der Waals surface area contributed by atoms with Crippen molar-refractivity contribution in [3.8, 4) is 0 Å². The maximum absolute atomic E-state index is 14.0. The van der Waals surface area contributed by atoms with Crippen molar-refractivity contribution >= 4 is 15.9 Å². The molecule has 1 aromatic carbocycles. The quantitative estimate of drug-likeness (QED) is 0.824. The highest BCUT2D eigenvalue weighted by Crippen LogP contribution is 2.23. The van der Waals surface area contributed by atoms with E-state index in [4.69, 9.17) is 0 Å². The van der Waals surface area contributed by atoms with Crippen LogP contribution in [0.15, 0.2) is 41.0 Å². The van der Waals surface area contributed by atoms with Gasteiger partial charge in [-0.25, -0.2) is 4.39 Å². The largest absolute Gasteiger partial charge is 0.310 e. The van der Waals surface area contributed by atoms with E-state index in [9.17, 15) is 4.39 Å². The molecule has 112 valence electrons. The Morgan fingerprint density at radius 3 is 2.76 bits per heavy atom. The van der Waals surface area contributed by atoms with E-state index in [1.165, 1.54) is 6.07 Å². The third-order valence-corrected chi connectivity index (χ3v) is 3.90. The number of hydrogen-bond donors (Lipinski definition) is 1. The highest BCUT2D eigenvalue weighted by atomic mass is 79.9. The predicted molar refractivity (Wildman–Crippen MR) is 87.8 cm³/mol. The maximum Gasteiger partial charge on any atom is 0.126 e. The first-order valence-electron chi connectivity index (χ1n) is 7.20. The summed E-state index contributed by atoms with van der Waals surface area (Å²) in [6.07, 6.45) is 3.52. The standard InChI is InChI=1S/C17H20BrFN2/c1-3-8-20-17(13-5-4-12(2)21-11-13)10-14-9-15(18)6-7-16(14)19/h4-7,9,11,17,20H,3,8,10H2,1-2H3. The molecule has 0 aliphatic rings. The molecule has 1 heterocycles. The number of benzene rings is 1. The third-order valence-electron chi connectivity index (χ3n) is 3.41. The van der Waals surface area contributed by atoms with Gasteiger partial charge in [-0.05, 0) is 61.7 Å². The molecule has 2 aromatic rings. The van der Waals surface area contributed by atoms with Crippen molar-refractivity contribution in [2.24, 2.45) is 0 Å². The van der Waals surface area contributed by atoms with E-state index in [2.05, 4.69) is 39.2 Å². The van der Waals surface area contributed by atoms with E-state index in [0.29, 0.717) is 12.0 Å². The molecule has 21 heavy (non-hydrogen) atoms.